The fourth-order valence-corrected chi connectivity index (χ4v) is 4.26. The number of aliphatic hydroxyl groups excluding tert-OH is 1. The van der Waals surface area contributed by atoms with Crippen molar-refractivity contribution in [1.82, 2.24) is 0 Å². The SMILES string of the molecule is COc1ccc(N2C(=O)C(=O)/C(=C(/O)c3c(OC)cccc3OC)C2c2ccc(O)c(Cl)c2)cc1. The van der Waals surface area contributed by atoms with Crippen molar-refractivity contribution in [2.24, 2.45) is 0 Å². The van der Waals surface area contributed by atoms with E-state index in [1.165, 1.54) is 44.4 Å². The molecule has 2 N–H and O–H groups in total. The molecule has 0 aliphatic carbocycles. The van der Waals surface area contributed by atoms with Crippen LogP contribution in [0.3, 0.4) is 0 Å². The molecular formula is C26H22ClNO7. The summed E-state index contributed by atoms with van der Waals surface area (Å²) in [4.78, 5) is 27.9. The van der Waals surface area contributed by atoms with E-state index in [9.17, 15) is 19.8 Å². The van der Waals surface area contributed by atoms with E-state index in [-0.39, 0.29) is 33.4 Å². The molecular weight excluding hydrogens is 474 g/mol. The van der Waals surface area contributed by atoms with Gasteiger partial charge in [0.05, 0.1) is 38.0 Å². The quantitative estimate of drug-likeness (QED) is 0.290. The third-order valence-corrected chi connectivity index (χ3v) is 6.05. The van der Waals surface area contributed by atoms with Crippen LogP contribution in [0.15, 0.2) is 66.2 Å². The highest BCUT2D eigenvalue weighted by atomic mass is 35.5. The van der Waals surface area contributed by atoms with Gasteiger partial charge in [0.1, 0.15) is 34.3 Å². The molecule has 4 rings (SSSR count). The Bertz CT molecular complexity index is 1310. The molecule has 1 amide bonds. The number of halogens is 1. The zero-order chi connectivity index (χ0) is 25.3. The number of carbonyl (C=O) groups is 2. The first-order valence-corrected chi connectivity index (χ1v) is 10.8. The van der Waals surface area contributed by atoms with E-state index in [2.05, 4.69) is 0 Å². The number of hydrogen-bond donors (Lipinski definition) is 2. The molecule has 3 aromatic carbocycles. The molecule has 1 unspecified atom stereocenters. The second kappa shape index (κ2) is 9.60. The number of ketones is 1. The van der Waals surface area contributed by atoms with Gasteiger partial charge in [-0.05, 0) is 54.1 Å². The van der Waals surface area contributed by atoms with Crippen LogP contribution in [-0.4, -0.2) is 43.2 Å². The molecule has 0 saturated carbocycles. The third-order valence-electron chi connectivity index (χ3n) is 5.75. The highest BCUT2D eigenvalue weighted by Gasteiger charge is 2.47. The van der Waals surface area contributed by atoms with Crippen molar-refractivity contribution >= 4 is 34.7 Å². The Hall–Kier alpha value is -4.17. The van der Waals surface area contributed by atoms with Gasteiger partial charge in [-0.15, -0.1) is 0 Å². The second-order valence-electron chi connectivity index (χ2n) is 7.62. The van der Waals surface area contributed by atoms with Crippen molar-refractivity contribution in [2.75, 3.05) is 26.2 Å². The van der Waals surface area contributed by atoms with Crippen molar-refractivity contribution in [2.45, 2.75) is 6.04 Å². The van der Waals surface area contributed by atoms with Gasteiger partial charge >= 0.3 is 0 Å². The van der Waals surface area contributed by atoms with Crippen LogP contribution >= 0.6 is 11.6 Å². The number of carbonyl (C=O) groups excluding carboxylic acids is 2. The van der Waals surface area contributed by atoms with Gasteiger partial charge in [0, 0.05) is 5.69 Å². The van der Waals surface area contributed by atoms with E-state index >= 15 is 0 Å². The molecule has 0 aromatic heterocycles. The highest BCUT2D eigenvalue weighted by Crippen LogP contribution is 2.46. The fraction of sp³-hybridized carbons (Fsp3) is 0.154. The number of amides is 1. The monoisotopic (exact) mass is 495 g/mol. The molecule has 0 spiro atoms. The lowest BCUT2D eigenvalue weighted by Gasteiger charge is -2.26. The van der Waals surface area contributed by atoms with Crippen molar-refractivity contribution in [3.8, 4) is 23.0 Å². The highest BCUT2D eigenvalue weighted by molar-refractivity contribution is 6.51. The predicted octanol–water partition coefficient (Wildman–Crippen LogP) is 4.70. The summed E-state index contributed by atoms with van der Waals surface area (Å²) in [7, 11) is 4.35. The molecule has 35 heavy (non-hydrogen) atoms. The van der Waals surface area contributed by atoms with Gasteiger partial charge in [0.2, 0.25) is 0 Å². The number of rotatable bonds is 6. The predicted molar refractivity (Wildman–Crippen MR) is 130 cm³/mol. The first kappa shape index (κ1) is 24.0. The lowest BCUT2D eigenvalue weighted by Crippen LogP contribution is -2.29. The Balaban J connectivity index is 2.01. The summed E-state index contributed by atoms with van der Waals surface area (Å²) < 4.78 is 16.0. The van der Waals surface area contributed by atoms with Crippen LogP contribution in [0.2, 0.25) is 5.02 Å². The first-order valence-electron chi connectivity index (χ1n) is 10.5. The molecule has 8 nitrogen and oxygen atoms in total. The Morgan fingerprint density at radius 1 is 0.914 bits per heavy atom. The Morgan fingerprint density at radius 3 is 2.09 bits per heavy atom. The zero-order valence-electron chi connectivity index (χ0n) is 19.1. The number of phenols is 1. The maximum atomic E-state index is 13.4. The average Bonchev–Trinajstić information content (AvgIpc) is 3.14. The van der Waals surface area contributed by atoms with Crippen LogP contribution in [0, 0.1) is 0 Å². The molecule has 1 fully saturated rings. The number of aromatic hydroxyl groups is 1. The van der Waals surface area contributed by atoms with E-state index in [4.69, 9.17) is 25.8 Å². The van der Waals surface area contributed by atoms with Crippen LogP contribution < -0.4 is 19.1 Å². The van der Waals surface area contributed by atoms with Gasteiger partial charge in [0.15, 0.2) is 0 Å². The molecule has 9 heteroatoms. The number of phenolic OH excluding ortho intramolecular Hbond substituents is 1. The molecule has 1 aliphatic heterocycles. The molecule has 180 valence electrons. The standard InChI is InChI=1S/C26H22ClNO7/c1-33-16-10-8-15(9-11-16)28-23(14-7-12-18(29)17(27)13-14)22(25(31)26(28)32)24(30)21-19(34-2)5-4-6-20(21)35-3/h4-13,23,29-30H,1-3H3/b24-22+. The number of Topliss-reactive ketones (excluding diaryl/α,β-unsaturated/α-hetero) is 1. The third kappa shape index (κ3) is 4.13. The number of methoxy groups -OCH3 is 3. The molecule has 0 radical (unpaired) electrons. The smallest absolute Gasteiger partial charge is 0.300 e. The van der Waals surface area contributed by atoms with E-state index < -0.39 is 23.5 Å². The summed E-state index contributed by atoms with van der Waals surface area (Å²) >= 11 is 6.16. The van der Waals surface area contributed by atoms with Gasteiger partial charge in [-0.3, -0.25) is 14.5 Å². The summed E-state index contributed by atoms with van der Waals surface area (Å²) in [5.41, 5.74) is 0.738. The summed E-state index contributed by atoms with van der Waals surface area (Å²) in [5.74, 6) is -1.32. The maximum Gasteiger partial charge on any atom is 0.300 e. The minimum atomic E-state index is -1.06. The second-order valence-corrected chi connectivity index (χ2v) is 8.02. The first-order chi connectivity index (χ1) is 16.8. The number of benzene rings is 3. The normalized spacial score (nSPS) is 16.9. The zero-order valence-corrected chi connectivity index (χ0v) is 19.9. The minimum absolute atomic E-state index is 0.0256. The Labute approximate surface area is 206 Å². The molecule has 1 aliphatic rings. The number of anilines is 1. The van der Waals surface area contributed by atoms with Gasteiger partial charge in [-0.1, -0.05) is 23.7 Å². The summed E-state index contributed by atoms with van der Waals surface area (Å²) in [6, 6.07) is 14.7. The largest absolute Gasteiger partial charge is 0.506 e. The molecule has 1 saturated heterocycles. The lowest BCUT2D eigenvalue weighted by atomic mass is 9.94. The summed E-state index contributed by atoms with van der Waals surface area (Å²) in [5, 5.41) is 21.4. The van der Waals surface area contributed by atoms with Crippen molar-refractivity contribution in [3.63, 3.8) is 0 Å². The number of aliphatic hydroxyl groups is 1. The van der Waals surface area contributed by atoms with Crippen LogP contribution in [-0.2, 0) is 9.59 Å². The van der Waals surface area contributed by atoms with Gasteiger partial charge in [-0.25, -0.2) is 0 Å². The van der Waals surface area contributed by atoms with Gasteiger partial charge in [0.25, 0.3) is 11.7 Å². The molecule has 1 atom stereocenters. The number of nitrogens with zero attached hydrogens (tertiary/aromatic N) is 1. The topological polar surface area (TPSA) is 106 Å². The molecule has 0 bridgehead atoms. The van der Waals surface area contributed by atoms with E-state index in [1.54, 1.807) is 42.5 Å². The lowest BCUT2D eigenvalue weighted by molar-refractivity contribution is -0.132. The Kier molecular flexibility index (Phi) is 6.57. The van der Waals surface area contributed by atoms with Crippen LogP contribution in [0.25, 0.3) is 5.76 Å². The maximum absolute atomic E-state index is 13.4. The fourth-order valence-electron chi connectivity index (χ4n) is 4.07. The summed E-state index contributed by atoms with van der Waals surface area (Å²) in [6.45, 7) is 0. The van der Waals surface area contributed by atoms with Gasteiger partial charge in [-0.2, -0.15) is 0 Å². The Morgan fingerprint density at radius 2 is 1.54 bits per heavy atom. The van der Waals surface area contributed by atoms with E-state index in [1.807, 2.05) is 0 Å². The average molecular weight is 496 g/mol. The van der Waals surface area contributed by atoms with Crippen LogP contribution in [0.5, 0.6) is 23.0 Å². The van der Waals surface area contributed by atoms with Gasteiger partial charge < -0.3 is 24.4 Å². The number of ether oxygens (including phenoxy) is 3. The van der Waals surface area contributed by atoms with Crippen LogP contribution in [0.1, 0.15) is 17.2 Å². The van der Waals surface area contributed by atoms with Crippen LogP contribution in [0.4, 0.5) is 5.69 Å². The van der Waals surface area contributed by atoms with Crippen molar-refractivity contribution in [1.29, 1.82) is 0 Å². The number of hydrogen-bond acceptors (Lipinski definition) is 7. The van der Waals surface area contributed by atoms with Crippen molar-refractivity contribution < 1.29 is 34.0 Å². The van der Waals surface area contributed by atoms with Crippen molar-refractivity contribution in [3.05, 3.63) is 82.4 Å². The van der Waals surface area contributed by atoms with E-state index in [0.29, 0.717) is 17.0 Å². The molecule has 1 heterocycles. The van der Waals surface area contributed by atoms with E-state index in [0.717, 1.165) is 0 Å². The minimum Gasteiger partial charge on any atom is -0.506 e. The molecule has 3 aromatic rings. The summed E-state index contributed by atoms with van der Waals surface area (Å²) in [6.07, 6.45) is 0.